The average Bonchev–Trinajstić information content (AvgIpc) is 2.69. The predicted molar refractivity (Wildman–Crippen MR) is 61.1 cm³/mol. The van der Waals surface area contributed by atoms with Gasteiger partial charge in [0.2, 0.25) is 0 Å². The van der Waals surface area contributed by atoms with Crippen LogP contribution < -0.4 is 11.2 Å². The van der Waals surface area contributed by atoms with Gasteiger partial charge in [0.1, 0.15) is 0 Å². The third kappa shape index (κ3) is 2.41. The lowest BCUT2D eigenvalue weighted by molar-refractivity contribution is 0.0970. The van der Waals surface area contributed by atoms with E-state index in [2.05, 4.69) is 4.98 Å². The first kappa shape index (κ1) is 11.1. The van der Waals surface area contributed by atoms with Gasteiger partial charge in [-0.1, -0.05) is 0 Å². The normalized spacial score (nSPS) is 10.4. The van der Waals surface area contributed by atoms with Crippen LogP contribution in [-0.4, -0.2) is 19.9 Å². The molecule has 0 aliphatic heterocycles. The summed E-state index contributed by atoms with van der Waals surface area (Å²) in [6, 6.07) is 2.89. The molecule has 0 bridgehead atoms. The number of aryl methyl sites for hydroxylation is 1. The summed E-state index contributed by atoms with van der Waals surface area (Å²) in [6.07, 6.45) is 4.74. The summed E-state index contributed by atoms with van der Waals surface area (Å²) in [5, 5.41) is 0. The molecule has 0 atom stereocenters. The second kappa shape index (κ2) is 4.25. The predicted octanol–water partition coefficient (Wildman–Crippen LogP) is -0.242. The van der Waals surface area contributed by atoms with Crippen molar-refractivity contribution in [2.75, 3.05) is 0 Å². The first-order valence-electron chi connectivity index (χ1n) is 5.01. The number of rotatable bonds is 3. The zero-order valence-electron chi connectivity index (χ0n) is 9.21. The number of H-pyrrole nitrogens is 1. The van der Waals surface area contributed by atoms with Gasteiger partial charge in [-0.3, -0.25) is 19.1 Å². The minimum absolute atomic E-state index is 0.0837. The minimum Gasteiger partial charge on any atom is -0.357 e. The molecule has 0 amide bonds. The molecule has 0 saturated heterocycles. The highest BCUT2D eigenvalue weighted by molar-refractivity contribution is 5.95. The second-order valence-electron chi connectivity index (χ2n) is 3.73. The van der Waals surface area contributed by atoms with Crippen LogP contribution in [-0.2, 0) is 13.6 Å². The molecule has 2 heterocycles. The van der Waals surface area contributed by atoms with E-state index in [0.29, 0.717) is 5.56 Å². The van der Waals surface area contributed by atoms with Crippen molar-refractivity contribution in [3.05, 3.63) is 57.1 Å². The lowest BCUT2D eigenvalue weighted by Gasteiger charge is -2.01. The van der Waals surface area contributed by atoms with Gasteiger partial charge in [0.15, 0.2) is 5.78 Å². The Morgan fingerprint density at radius 2 is 2.06 bits per heavy atom. The van der Waals surface area contributed by atoms with E-state index in [9.17, 15) is 14.4 Å². The van der Waals surface area contributed by atoms with E-state index < -0.39 is 11.2 Å². The summed E-state index contributed by atoms with van der Waals surface area (Å²) in [7, 11) is 1.81. The fourth-order valence-electron chi connectivity index (χ4n) is 1.48. The van der Waals surface area contributed by atoms with E-state index >= 15 is 0 Å². The van der Waals surface area contributed by atoms with E-state index in [1.807, 2.05) is 7.05 Å². The van der Waals surface area contributed by atoms with Crippen LogP contribution in [0.3, 0.4) is 0 Å². The van der Waals surface area contributed by atoms with Gasteiger partial charge < -0.3 is 4.57 Å². The van der Waals surface area contributed by atoms with Crippen molar-refractivity contribution in [3.8, 4) is 0 Å². The van der Waals surface area contributed by atoms with Crippen LogP contribution in [0.4, 0.5) is 0 Å². The highest BCUT2D eigenvalue weighted by Crippen LogP contribution is 2.01. The highest BCUT2D eigenvalue weighted by Gasteiger charge is 2.08. The van der Waals surface area contributed by atoms with E-state index in [1.54, 1.807) is 23.0 Å². The van der Waals surface area contributed by atoms with Crippen molar-refractivity contribution in [3.63, 3.8) is 0 Å². The van der Waals surface area contributed by atoms with Crippen molar-refractivity contribution in [1.82, 2.24) is 14.1 Å². The summed E-state index contributed by atoms with van der Waals surface area (Å²) < 4.78 is 2.92. The zero-order valence-corrected chi connectivity index (χ0v) is 9.21. The number of carbonyl (C=O) groups is 1. The number of aromatic amines is 1. The second-order valence-corrected chi connectivity index (χ2v) is 3.73. The summed E-state index contributed by atoms with van der Waals surface area (Å²) in [5.41, 5.74) is -0.522. The van der Waals surface area contributed by atoms with Crippen LogP contribution >= 0.6 is 0 Å². The van der Waals surface area contributed by atoms with E-state index in [4.69, 9.17) is 0 Å². The van der Waals surface area contributed by atoms with Crippen molar-refractivity contribution >= 4 is 5.78 Å². The third-order valence-electron chi connectivity index (χ3n) is 2.36. The molecule has 2 aromatic rings. The van der Waals surface area contributed by atoms with Gasteiger partial charge in [0, 0.05) is 37.3 Å². The molecule has 0 fully saturated rings. The smallest absolute Gasteiger partial charge is 0.328 e. The summed E-state index contributed by atoms with van der Waals surface area (Å²) in [4.78, 5) is 36.1. The number of ketones is 1. The van der Waals surface area contributed by atoms with Gasteiger partial charge in [0.25, 0.3) is 5.56 Å². The average molecular weight is 233 g/mol. The van der Waals surface area contributed by atoms with E-state index in [1.165, 1.54) is 12.3 Å². The monoisotopic (exact) mass is 233 g/mol. The molecule has 1 N–H and O–H groups in total. The Morgan fingerprint density at radius 1 is 1.29 bits per heavy atom. The molecule has 0 aliphatic rings. The van der Waals surface area contributed by atoms with Gasteiger partial charge in [0.05, 0.1) is 6.54 Å². The van der Waals surface area contributed by atoms with Crippen LogP contribution in [0.15, 0.2) is 40.3 Å². The lowest BCUT2D eigenvalue weighted by atomic mass is 10.2. The molecule has 0 aliphatic carbocycles. The molecule has 0 aromatic carbocycles. The number of nitrogens with zero attached hydrogens (tertiary/aromatic N) is 2. The number of aromatic nitrogens is 3. The van der Waals surface area contributed by atoms with E-state index in [0.717, 1.165) is 4.57 Å². The van der Waals surface area contributed by atoms with Crippen molar-refractivity contribution < 1.29 is 4.79 Å². The van der Waals surface area contributed by atoms with Crippen LogP contribution in [0.1, 0.15) is 10.4 Å². The molecular weight excluding hydrogens is 222 g/mol. The number of Topliss-reactive ketones (excluding diaryl/α,β-unsaturated/α-hetero) is 1. The summed E-state index contributed by atoms with van der Waals surface area (Å²) in [5.74, 6) is -0.181. The fraction of sp³-hybridized carbons (Fsp3) is 0.182. The van der Waals surface area contributed by atoms with Crippen molar-refractivity contribution in [2.24, 2.45) is 7.05 Å². The van der Waals surface area contributed by atoms with Gasteiger partial charge >= 0.3 is 5.69 Å². The van der Waals surface area contributed by atoms with Crippen molar-refractivity contribution in [1.29, 1.82) is 0 Å². The SMILES string of the molecule is Cn1ccc(C(=O)Cn2ccc(=O)[nH]c2=O)c1. The van der Waals surface area contributed by atoms with E-state index in [-0.39, 0.29) is 12.3 Å². The largest absolute Gasteiger partial charge is 0.357 e. The minimum atomic E-state index is -0.582. The first-order valence-corrected chi connectivity index (χ1v) is 5.01. The van der Waals surface area contributed by atoms with Gasteiger partial charge in [-0.05, 0) is 6.07 Å². The Bertz CT molecular complexity index is 663. The number of carbonyl (C=O) groups excluding carboxylic acids is 1. The molecule has 0 spiro atoms. The lowest BCUT2D eigenvalue weighted by Crippen LogP contribution is -2.30. The highest BCUT2D eigenvalue weighted by atomic mass is 16.2. The molecule has 0 saturated carbocycles. The molecule has 0 radical (unpaired) electrons. The Hall–Kier alpha value is -2.37. The molecule has 2 rings (SSSR count). The summed E-state index contributed by atoms with van der Waals surface area (Å²) >= 11 is 0. The molecule has 6 heteroatoms. The third-order valence-corrected chi connectivity index (χ3v) is 2.36. The van der Waals surface area contributed by atoms with Crippen LogP contribution in [0.5, 0.6) is 0 Å². The Kier molecular flexibility index (Phi) is 2.78. The molecule has 0 unspecified atom stereocenters. The zero-order chi connectivity index (χ0) is 12.4. The number of hydrogen-bond donors (Lipinski definition) is 1. The maximum absolute atomic E-state index is 11.8. The number of hydrogen-bond acceptors (Lipinski definition) is 3. The molecule has 6 nitrogen and oxygen atoms in total. The van der Waals surface area contributed by atoms with Crippen LogP contribution in [0.2, 0.25) is 0 Å². The summed E-state index contributed by atoms with van der Waals surface area (Å²) in [6.45, 7) is -0.0837. The van der Waals surface area contributed by atoms with Gasteiger partial charge in [-0.25, -0.2) is 4.79 Å². The Labute approximate surface area is 96.1 Å². The molecular formula is C11H11N3O3. The topological polar surface area (TPSA) is 76.9 Å². The quantitative estimate of drug-likeness (QED) is 0.743. The molecule has 17 heavy (non-hydrogen) atoms. The molecule has 2 aromatic heterocycles. The van der Waals surface area contributed by atoms with Crippen molar-refractivity contribution in [2.45, 2.75) is 6.54 Å². The van der Waals surface area contributed by atoms with Crippen LogP contribution in [0, 0.1) is 0 Å². The maximum Gasteiger partial charge on any atom is 0.328 e. The van der Waals surface area contributed by atoms with Gasteiger partial charge in [-0.2, -0.15) is 0 Å². The first-order chi connectivity index (χ1) is 8.06. The Balaban J connectivity index is 2.24. The van der Waals surface area contributed by atoms with Gasteiger partial charge in [-0.15, -0.1) is 0 Å². The maximum atomic E-state index is 11.8. The Morgan fingerprint density at radius 3 is 2.65 bits per heavy atom. The molecule has 88 valence electrons. The fourth-order valence-corrected chi connectivity index (χ4v) is 1.48. The number of nitrogens with one attached hydrogen (secondary N) is 1. The van der Waals surface area contributed by atoms with Crippen LogP contribution in [0.25, 0.3) is 0 Å². The standard InChI is InChI=1S/C11H11N3O3/c1-13-4-2-8(6-13)9(15)7-14-5-3-10(16)12-11(14)17/h2-6H,7H2,1H3,(H,12,16,17).